The lowest BCUT2D eigenvalue weighted by Crippen LogP contribution is -2.31. The molecule has 0 aromatic heterocycles. The number of benzene rings is 2. The lowest BCUT2D eigenvalue weighted by atomic mass is 10.1. The summed E-state index contributed by atoms with van der Waals surface area (Å²) in [5.41, 5.74) is 0.739. The van der Waals surface area contributed by atoms with Gasteiger partial charge in [0.2, 0.25) is 11.7 Å². The first-order valence-corrected chi connectivity index (χ1v) is 10.9. The van der Waals surface area contributed by atoms with Crippen LogP contribution < -0.4 is 24.4 Å². The molecule has 0 radical (unpaired) electrons. The van der Waals surface area contributed by atoms with Gasteiger partial charge in [0.1, 0.15) is 0 Å². The maximum Gasteiger partial charge on any atom is 0.416 e. The van der Waals surface area contributed by atoms with Gasteiger partial charge in [0, 0.05) is 25.2 Å². The number of hydrogen-bond donors (Lipinski definition) is 1. The molecule has 1 fully saturated rings. The highest BCUT2D eigenvalue weighted by atomic mass is 19.4. The number of anilines is 2. The standard InChI is InChI=1S/C24H30F3N3O4/c1-29(14-16-7-10-20(32-2)23(34-4)22(16)33-3)15-21(31)28-18-13-17(24(25,26)27)8-9-19(18)30-11-5-6-12-30/h7-10,13H,5-6,11-12,14-15H2,1-4H3,(H,28,31). The highest BCUT2D eigenvalue weighted by Crippen LogP contribution is 2.40. The van der Waals surface area contributed by atoms with Crippen LogP contribution in [0.4, 0.5) is 24.5 Å². The molecule has 1 amide bonds. The number of alkyl halides is 3. The second-order valence-electron chi connectivity index (χ2n) is 8.14. The zero-order valence-corrected chi connectivity index (χ0v) is 19.8. The van der Waals surface area contributed by atoms with Crippen LogP contribution in [0, 0.1) is 0 Å². The Balaban J connectivity index is 1.75. The Morgan fingerprint density at radius 2 is 1.71 bits per heavy atom. The van der Waals surface area contributed by atoms with E-state index in [9.17, 15) is 18.0 Å². The van der Waals surface area contributed by atoms with Gasteiger partial charge >= 0.3 is 6.18 Å². The molecule has 0 saturated carbocycles. The van der Waals surface area contributed by atoms with Gasteiger partial charge in [0.15, 0.2) is 11.5 Å². The zero-order valence-electron chi connectivity index (χ0n) is 19.8. The van der Waals surface area contributed by atoms with Gasteiger partial charge in [-0.05, 0) is 44.2 Å². The fourth-order valence-electron chi connectivity index (χ4n) is 4.12. The average Bonchev–Trinajstić information content (AvgIpc) is 3.32. The van der Waals surface area contributed by atoms with E-state index in [2.05, 4.69) is 5.32 Å². The van der Waals surface area contributed by atoms with E-state index in [4.69, 9.17) is 14.2 Å². The lowest BCUT2D eigenvalue weighted by molar-refractivity contribution is -0.137. The molecule has 1 aliphatic heterocycles. The van der Waals surface area contributed by atoms with Crippen LogP contribution in [-0.4, -0.2) is 58.8 Å². The Bertz CT molecular complexity index is 1010. The number of ether oxygens (including phenoxy) is 3. The van der Waals surface area contributed by atoms with Crippen LogP contribution in [0.5, 0.6) is 17.2 Å². The van der Waals surface area contributed by atoms with Gasteiger partial charge in [-0.25, -0.2) is 0 Å². The monoisotopic (exact) mass is 481 g/mol. The zero-order chi connectivity index (χ0) is 24.9. The van der Waals surface area contributed by atoms with Crippen molar-refractivity contribution >= 4 is 17.3 Å². The number of amides is 1. The van der Waals surface area contributed by atoms with Crippen LogP contribution in [0.1, 0.15) is 24.0 Å². The SMILES string of the molecule is COc1ccc(CN(C)CC(=O)Nc2cc(C(F)(F)F)ccc2N2CCCC2)c(OC)c1OC. The summed E-state index contributed by atoms with van der Waals surface area (Å²) in [6.07, 6.45) is -2.57. The summed E-state index contributed by atoms with van der Waals surface area (Å²) < 4.78 is 56.0. The molecule has 1 aliphatic rings. The number of nitrogens with zero attached hydrogens (tertiary/aromatic N) is 2. The Morgan fingerprint density at radius 1 is 1.03 bits per heavy atom. The number of carbonyl (C=O) groups is 1. The molecule has 7 nitrogen and oxygen atoms in total. The highest BCUT2D eigenvalue weighted by Gasteiger charge is 2.32. The molecule has 3 rings (SSSR count). The van der Waals surface area contributed by atoms with E-state index in [-0.39, 0.29) is 12.2 Å². The third kappa shape index (κ3) is 5.85. The number of likely N-dealkylation sites (N-methyl/N-ethyl adjacent to an activating group) is 1. The Hall–Kier alpha value is -3.14. The second-order valence-corrected chi connectivity index (χ2v) is 8.14. The van der Waals surface area contributed by atoms with Crippen LogP contribution in [-0.2, 0) is 17.5 Å². The quantitative estimate of drug-likeness (QED) is 0.573. The van der Waals surface area contributed by atoms with Crippen molar-refractivity contribution in [2.45, 2.75) is 25.6 Å². The van der Waals surface area contributed by atoms with Crippen molar-refractivity contribution in [3.05, 3.63) is 41.5 Å². The summed E-state index contributed by atoms with van der Waals surface area (Å²) in [6, 6.07) is 7.05. The average molecular weight is 482 g/mol. The van der Waals surface area contributed by atoms with E-state index in [1.165, 1.54) is 27.4 Å². The first kappa shape index (κ1) is 25.5. The molecular formula is C24H30F3N3O4. The summed E-state index contributed by atoms with van der Waals surface area (Å²) in [5, 5.41) is 2.69. The molecule has 2 aromatic rings. The fourth-order valence-corrected chi connectivity index (χ4v) is 4.12. The first-order valence-electron chi connectivity index (χ1n) is 10.9. The number of halogens is 3. The van der Waals surface area contributed by atoms with E-state index < -0.39 is 17.6 Å². The van der Waals surface area contributed by atoms with Crippen molar-refractivity contribution in [2.24, 2.45) is 0 Å². The molecule has 0 bridgehead atoms. The Kier molecular flexibility index (Phi) is 8.14. The van der Waals surface area contributed by atoms with Crippen molar-refractivity contribution in [1.29, 1.82) is 0 Å². The van der Waals surface area contributed by atoms with Crippen LogP contribution in [0.3, 0.4) is 0 Å². The summed E-state index contributed by atoms with van der Waals surface area (Å²) in [5.74, 6) is 1.03. The third-order valence-electron chi connectivity index (χ3n) is 5.68. The highest BCUT2D eigenvalue weighted by molar-refractivity contribution is 5.95. The van der Waals surface area contributed by atoms with Crippen LogP contribution >= 0.6 is 0 Å². The summed E-state index contributed by atoms with van der Waals surface area (Å²) in [7, 11) is 6.29. The van der Waals surface area contributed by atoms with Crippen molar-refractivity contribution < 1.29 is 32.2 Å². The fraction of sp³-hybridized carbons (Fsp3) is 0.458. The van der Waals surface area contributed by atoms with E-state index in [1.807, 2.05) is 11.0 Å². The van der Waals surface area contributed by atoms with Gasteiger partial charge in [-0.15, -0.1) is 0 Å². The molecule has 2 aromatic carbocycles. The van der Waals surface area contributed by atoms with E-state index in [0.29, 0.717) is 29.5 Å². The molecule has 10 heteroatoms. The third-order valence-corrected chi connectivity index (χ3v) is 5.68. The largest absolute Gasteiger partial charge is 0.493 e. The van der Waals surface area contributed by atoms with Gasteiger partial charge in [-0.2, -0.15) is 13.2 Å². The maximum atomic E-state index is 13.3. The number of carbonyl (C=O) groups excluding carboxylic acids is 1. The van der Waals surface area contributed by atoms with Gasteiger partial charge in [0.25, 0.3) is 0 Å². The minimum absolute atomic E-state index is 0.0345. The summed E-state index contributed by atoms with van der Waals surface area (Å²) in [4.78, 5) is 16.5. The molecule has 0 unspecified atom stereocenters. The van der Waals surface area contributed by atoms with Gasteiger partial charge in [0.05, 0.1) is 44.8 Å². The number of hydrogen-bond acceptors (Lipinski definition) is 6. The Labute approximate surface area is 197 Å². The molecule has 0 spiro atoms. The molecule has 34 heavy (non-hydrogen) atoms. The minimum atomic E-state index is -4.50. The lowest BCUT2D eigenvalue weighted by Gasteiger charge is -2.24. The van der Waals surface area contributed by atoms with Crippen molar-refractivity contribution in [3.8, 4) is 17.2 Å². The molecule has 186 valence electrons. The van der Waals surface area contributed by atoms with Crippen LogP contribution in [0.25, 0.3) is 0 Å². The number of rotatable bonds is 9. The van der Waals surface area contributed by atoms with Gasteiger partial charge in [-0.1, -0.05) is 6.07 Å². The molecule has 1 saturated heterocycles. The summed E-state index contributed by atoms with van der Waals surface area (Å²) in [6.45, 7) is 1.80. The molecule has 1 N–H and O–H groups in total. The Morgan fingerprint density at radius 3 is 2.29 bits per heavy atom. The topological polar surface area (TPSA) is 63.3 Å². The molecule has 0 atom stereocenters. The summed E-state index contributed by atoms with van der Waals surface area (Å²) >= 11 is 0. The smallest absolute Gasteiger partial charge is 0.416 e. The normalized spacial score (nSPS) is 13.8. The predicted molar refractivity (Wildman–Crippen MR) is 124 cm³/mol. The van der Waals surface area contributed by atoms with Gasteiger partial charge < -0.3 is 24.4 Å². The number of nitrogens with one attached hydrogen (secondary N) is 1. The predicted octanol–water partition coefficient (Wildman–Crippen LogP) is 4.40. The van der Waals surface area contributed by atoms with E-state index >= 15 is 0 Å². The molecule has 1 heterocycles. The molecular weight excluding hydrogens is 451 g/mol. The van der Waals surface area contributed by atoms with E-state index in [1.54, 1.807) is 18.0 Å². The van der Waals surface area contributed by atoms with Crippen LogP contribution in [0.15, 0.2) is 30.3 Å². The van der Waals surface area contributed by atoms with Crippen LogP contribution in [0.2, 0.25) is 0 Å². The van der Waals surface area contributed by atoms with Crippen molar-refractivity contribution in [3.63, 3.8) is 0 Å². The van der Waals surface area contributed by atoms with E-state index in [0.717, 1.165) is 43.6 Å². The second kappa shape index (κ2) is 10.9. The first-order chi connectivity index (χ1) is 16.2. The number of methoxy groups -OCH3 is 3. The molecule has 0 aliphatic carbocycles. The van der Waals surface area contributed by atoms with Gasteiger partial charge in [-0.3, -0.25) is 9.69 Å². The van der Waals surface area contributed by atoms with Crippen molar-refractivity contribution in [2.75, 3.05) is 58.2 Å². The maximum absolute atomic E-state index is 13.3. The minimum Gasteiger partial charge on any atom is -0.493 e. The van der Waals surface area contributed by atoms with Crippen molar-refractivity contribution in [1.82, 2.24) is 4.90 Å².